The molecule has 7 N–H and O–H groups in total. The number of ether oxygens (including phenoxy) is 3. The number of carbonyl (C=O) groups is 8. The average molecular weight is 1100 g/mol. The van der Waals surface area contributed by atoms with Crippen molar-refractivity contribution in [1.82, 2.24) is 41.0 Å². The fourth-order valence-electron chi connectivity index (χ4n) is 10.3. The van der Waals surface area contributed by atoms with Crippen molar-refractivity contribution in [2.75, 3.05) is 33.0 Å². The second kappa shape index (κ2) is 24.1. The van der Waals surface area contributed by atoms with E-state index in [0.29, 0.717) is 94.3 Å². The first-order valence-corrected chi connectivity index (χ1v) is 26.1. The molecular weight excluding hydrogens is 1040 g/mol. The van der Waals surface area contributed by atoms with Crippen molar-refractivity contribution in [2.45, 2.75) is 102 Å². The molecule has 3 aromatic carbocycles. The predicted octanol–water partition coefficient (Wildman–Crippen LogP) is 1.92. The van der Waals surface area contributed by atoms with E-state index in [4.69, 9.17) is 19.2 Å². The van der Waals surface area contributed by atoms with Crippen LogP contribution in [-0.4, -0.2) is 117 Å². The number of rotatable bonds is 22. The first kappa shape index (κ1) is 56.1. The maximum absolute atomic E-state index is 15.4. The van der Waals surface area contributed by atoms with Crippen molar-refractivity contribution in [2.24, 2.45) is 0 Å². The summed E-state index contributed by atoms with van der Waals surface area (Å²) in [6.07, 6.45) is 4.43. The highest BCUT2D eigenvalue weighted by molar-refractivity contribution is 5.97. The van der Waals surface area contributed by atoms with Crippen LogP contribution < -0.4 is 32.1 Å². The van der Waals surface area contributed by atoms with Gasteiger partial charge in [-0.3, -0.25) is 38.4 Å². The van der Waals surface area contributed by atoms with Crippen LogP contribution in [0.25, 0.3) is 22.3 Å². The highest BCUT2D eigenvalue weighted by Gasteiger charge is 2.44. The maximum atomic E-state index is 15.4. The lowest BCUT2D eigenvalue weighted by Gasteiger charge is -2.30. The van der Waals surface area contributed by atoms with Gasteiger partial charge in [0.05, 0.1) is 48.2 Å². The number of unbranched alkanes of at least 4 members (excludes halogenated alkanes) is 2. The van der Waals surface area contributed by atoms with E-state index in [1.54, 1.807) is 67.6 Å². The number of aromatic nitrogens is 2. The van der Waals surface area contributed by atoms with Crippen molar-refractivity contribution >= 4 is 58.3 Å². The van der Waals surface area contributed by atoms with Crippen LogP contribution in [0.15, 0.2) is 83.7 Å². The number of carbonyl (C=O) groups excluding carboxylic acids is 8. The number of amides is 6. The molecular formula is C57H59FN8O14. The summed E-state index contributed by atoms with van der Waals surface area (Å²) in [7, 11) is 0. The van der Waals surface area contributed by atoms with E-state index in [9.17, 15) is 53.4 Å². The van der Waals surface area contributed by atoms with Gasteiger partial charge in [-0.15, -0.1) is 0 Å². The number of aryl methyl sites for hydroxylation is 1. The molecule has 5 heterocycles. The standard InChI is InChI=1S/C57H59FN8O14/c1-31-35-16-17-40(51-36-26-66-43(52(36)63-41(50(35)51)23-39(31)58)22-38-37(55(66)75)28-80-56(76)57(38,2)77)64-53(73)34-14-12-33(13-15-34)27-78-30-61-45(68)24-60-54(74)42(21-32-9-5-3-6-10-32)62-46(69)29-79-49(72)25-59-44(67)11-7-4-8-20-65-47(70)18-19-48(65)71/h3,5-6,9-10,12-15,18-19,22-23,40,42,47,70,77H,4,7-8,11,16-17,20-21,24-30H2,1-2H3,(H,59,67)(H,60,74)(H,61,68)(H,62,69)(H,64,73)/t40-,42-,47?,57-/m0/s1. The third-order valence-electron chi connectivity index (χ3n) is 14.6. The summed E-state index contributed by atoms with van der Waals surface area (Å²) < 4.78 is 32.7. The fraction of sp³-hybridized carbons (Fsp3) is 0.368. The van der Waals surface area contributed by atoms with Crippen LogP contribution in [0.4, 0.5) is 4.39 Å². The molecule has 23 heteroatoms. The highest BCUT2D eigenvalue weighted by Crippen LogP contribution is 2.46. The Morgan fingerprint density at radius 3 is 2.42 bits per heavy atom. The zero-order chi connectivity index (χ0) is 56.8. The summed E-state index contributed by atoms with van der Waals surface area (Å²) in [6, 6.07) is 16.6. The molecule has 6 amide bonds. The number of nitrogens with zero attached hydrogens (tertiary/aromatic N) is 3. The molecule has 0 fully saturated rings. The van der Waals surface area contributed by atoms with E-state index >= 15 is 4.39 Å². The Labute approximate surface area is 457 Å². The summed E-state index contributed by atoms with van der Waals surface area (Å²) in [5.41, 5.74) is 3.10. The van der Waals surface area contributed by atoms with Gasteiger partial charge in [-0.2, -0.15) is 0 Å². The van der Waals surface area contributed by atoms with Crippen LogP contribution in [0.2, 0.25) is 0 Å². The zero-order valence-electron chi connectivity index (χ0n) is 43.9. The summed E-state index contributed by atoms with van der Waals surface area (Å²) in [6.45, 7) is 1.19. The van der Waals surface area contributed by atoms with E-state index in [2.05, 4.69) is 26.6 Å². The smallest absolute Gasteiger partial charge is 0.342 e. The van der Waals surface area contributed by atoms with E-state index in [0.717, 1.165) is 5.56 Å². The molecule has 418 valence electrons. The number of esters is 2. The van der Waals surface area contributed by atoms with Gasteiger partial charge in [0.15, 0.2) is 12.2 Å². The van der Waals surface area contributed by atoms with Crippen molar-refractivity contribution in [3.8, 4) is 11.4 Å². The van der Waals surface area contributed by atoms with Crippen LogP contribution in [-0.2, 0) is 86.0 Å². The Bertz CT molecular complexity index is 3400. The topological polar surface area (TPSA) is 303 Å². The van der Waals surface area contributed by atoms with Gasteiger partial charge in [-0.25, -0.2) is 14.2 Å². The van der Waals surface area contributed by atoms with Gasteiger partial charge >= 0.3 is 11.9 Å². The van der Waals surface area contributed by atoms with E-state index < -0.39 is 96.5 Å². The zero-order valence-corrected chi connectivity index (χ0v) is 43.9. The lowest BCUT2D eigenvalue weighted by molar-refractivity contribution is -0.169. The first-order valence-electron chi connectivity index (χ1n) is 26.1. The molecule has 1 aliphatic carbocycles. The molecule has 22 nitrogen and oxygen atoms in total. The van der Waals surface area contributed by atoms with Crippen LogP contribution in [0.5, 0.6) is 0 Å². The largest absolute Gasteiger partial charge is 0.458 e. The Kier molecular flexibility index (Phi) is 16.9. The SMILES string of the molecule is Cc1c(F)cc2nc3c(c4c2c1CC[C@@H]4NC(=O)c1ccc(COCNC(=O)CNC(=O)[C@H](Cc2ccccc2)NC(=O)COC(=O)CNC(=O)CCCCCN2C(=O)C=CC2O)cc1)Cn1c-3cc2c(c1=O)COC(=O)[C@@]2(C)O. The summed E-state index contributed by atoms with van der Waals surface area (Å²) >= 11 is 0. The number of aliphatic hydroxyl groups excluding tert-OH is 1. The third-order valence-corrected chi connectivity index (χ3v) is 14.6. The predicted molar refractivity (Wildman–Crippen MR) is 282 cm³/mol. The molecule has 0 saturated heterocycles. The quantitative estimate of drug-likeness (QED) is 0.0290. The van der Waals surface area contributed by atoms with Crippen molar-refractivity contribution in [3.05, 3.63) is 145 Å². The molecule has 0 bridgehead atoms. The van der Waals surface area contributed by atoms with Crippen LogP contribution in [0.1, 0.15) is 99.9 Å². The fourth-order valence-corrected chi connectivity index (χ4v) is 10.3. The summed E-state index contributed by atoms with van der Waals surface area (Å²) in [5, 5.41) is 34.7. The number of benzene rings is 3. The molecule has 4 aliphatic rings. The molecule has 3 aliphatic heterocycles. The van der Waals surface area contributed by atoms with Gasteiger partial charge in [0.25, 0.3) is 17.4 Å². The van der Waals surface area contributed by atoms with Gasteiger partial charge in [0.1, 0.15) is 38.0 Å². The Morgan fingerprint density at radius 1 is 0.900 bits per heavy atom. The second-order valence-corrected chi connectivity index (χ2v) is 20.1. The first-order chi connectivity index (χ1) is 38.4. The monoisotopic (exact) mass is 1100 g/mol. The average Bonchev–Trinajstić information content (AvgIpc) is 4.00. The summed E-state index contributed by atoms with van der Waals surface area (Å²) in [5.74, 6) is -5.38. The minimum atomic E-state index is -2.08. The number of halogens is 1. The van der Waals surface area contributed by atoms with Crippen molar-refractivity contribution in [3.63, 3.8) is 0 Å². The van der Waals surface area contributed by atoms with Crippen molar-refractivity contribution in [1.29, 1.82) is 0 Å². The number of hydrogen-bond donors (Lipinski definition) is 7. The number of pyridine rings is 2. The molecule has 2 aromatic heterocycles. The molecule has 0 spiro atoms. The Hall–Kier alpha value is -8.67. The van der Waals surface area contributed by atoms with Gasteiger partial charge in [0, 0.05) is 53.6 Å². The van der Waals surface area contributed by atoms with Gasteiger partial charge in [-0.1, -0.05) is 48.9 Å². The minimum Gasteiger partial charge on any atom is -0.458 e. The maximum Gasteiger partial charge on any atom is 0.342 e. The molecule has 9 rings (SSSR count). The molecule has 80 heavy (non-hydrogen) atoms. The number of fused-ring (bicyclic) bond motifs is 5. The van der Waals surface area contributed by atoms with E-state index in [1.165, 1.54) is 34.6 Å². The van der Waals surface area contributed by atoms with Crippen LogP contribution in [0, 0.1) is 12.7 Å². The van der Waals surface area contributed by atoms with Gasteiger partial charge in [-0.05, 0) is 91.6 Å². The Balaban J connectivity index is 0.729. The molecule has 0 radical (unpaired) electrons. The number of nitrogens with one attached hydrogen (secondary N) is 5. The summed E-state index contributed by atoms with van der Waals surface area (Å²) in [4.78, 5) is 122. The van der Waals surface area contributed by atoms with Crippen LogP contribution in [0.3, 0.4) is 0 Å². The van der Waals surface area contributed by atoms with E-state index in [1.807, 2.05) is 0 Å². The number of hydrogen-bond acceptors (Lipinski definition) is 15. The number of cyclic esters (lactones) is 1. The third kappa shape index (κ3) is 12.3. The lowest BCUT2D eigenvalue weighted by Crippen LogP contribution is -2.51. The molecule has 1 unspecified atom stereocenters. The molecule has 4 atom stereocenters. The minimum absolute atomic E-state index is 0.0429. The van der Waals surface area contributed by atoms with Gasteiger partial charge < -0.3 is 60.5 Å². The van der Waals surface area contributed by atoms with Gasteiger partial charge in [0.2, 0.25) is 23.6 Å². The molecule has 0 saturated carbocycles. The molecule has 5 aromatic rings. The van der Waals surface area contributed by atoms with Crippen LogP contribution >= 0.6 is 0 Å². The highest BCUT2D eigenvalue weighted by atomic mass is 19.1. The number of aliphatic hydroxyl groups is 2. The Morgan fingerprint density at radius 2 is 1.68 bits per heavy atom. The lowest BCUT2D eigenvalue weighted by atomic mass is 9.81. The second-order valence-electron chi connectivity index (χ2n) is 20.1. The van der Waals surface area contributed by atoms with E-state index in [-0.39, 0.29) is 56.4 Å². The normalized spacial score (nSPS) is 17.9. The van der Waals surface area contributed by atoms with Crippen molar-refractivity contribution < 1.29 is 67.2 Å².